The number of nitrogens with zero attached hydrogens (tertiary/aromatic N) is 1. The molecule has 5 N–H and O–H groups in total. The fourth-order valence-corrected chi connectivity index (χ4v) is 1.02. The van der Waals surface area contributed by atoms with Crippen LogP contribution in [0.1, 0.15) is 5.56 Å². The normalized spacial score (nSPS) is 9.00. The number of nitrogens with two attached hydrogens (primary N) is 2. The van der Waals surface area contributed by atoms with E-state index >= 15 is 0 Å². The summed E-state index contributed by atoms with van der Waals surface area (Å²) in [5.74, 6) is 0. The van der Waals surface area contributed by atoms with E-state index in [-0.39, 0.29) is 0 Å². The molecule has 1 aromatic carbocycles. The maximum absolute atomic E-state index is 8.73. The highest BCUT2D eigenvalue weighted by Gasteiger charge is 2.06. The smallest absolute Gasteiger partial charge is 0.104 e. The molecular weight excluding hydrogens is 152 g/mol. The van der Waals surface area contributed by atoms with Crippen molar-refractivity contribution in [2.24, 2.45) is 0 Å². The number of anilines is 3. The highest BCUT2D eigenvalue weighted by molar-refractivity contribution is 5.80. The minimum atomic E-state index is 0.400. The first kappa shape index (κ1) is 8.21. The van der Waals surface area contributed by atoms with Crippen molar-refractivity contribution in [3.05, 3.63) is 17.7 Å². The van der Waals surface area contributed by atoms with Crippen molar-refractivity contribution in [1.82, 2.24) is 0 Å². The van der Waals surface area contributed by atoms with E-state index in [0.717, 1.165) is 0 Å². The summed E-state index contributed by atoms with van der Waals surface area (Å²) in [7, 11) is 1.70. The molecular formula is C8H10N4. The number of rotatable bonds is 1. The Bertz CT molecular complexity index is 338. The molecule has 0 spiro atoms. The zero-order valence-electron chi connectivity index (χ0n) is 6.76. The Balaban J connectivity index is 3.41. The van der Waals surface area contributed by atoms with Gasteiger partial charge in [0.1, 0.15) is 11.6 Å². The molecule has 4 nitrogen and oxygen atoms in total. The summed E-state index contributed by atoms with van der Waals surface area (Å²) in [5.41, 5.74) is 13.1. The van der Waals surface area contributed by atoms with Gasteiger partial charge in [0.05, 0.1) is 17.1 Å². The molecule has 0 amide bonds. The molecule has 0 aliphatic heterocycles. The third kappa shape index (κ3) is 1.12. The standard InChI is InChI=1S/C8H10N4/c1-12-8-5(4-9)6(10)2-3-7(8)11/h2-3,12H,10-11H2,1H3. The van der Waals surface area contributed by atoms with Gasteiger partial charge in [0.25, 0.3) is 0 Å². The molecule has 0 aliphatic carbocycles. The summed E-state index contributed by atoms with van der Waals surface area (Å²) >= 11 is 0. The average molecular weight is 162 g/mol. The molecule has 1 aromatic rings. The van der Waals surface area contributed by atoms with E-state index in [1.807, 2.05) is 6.07 Å². The zero-order valence-corrected chi connectivity index (χ0v) is 6.76. The van der Waals surface area contributed by atoms with Crippen molar-refractivity contribution in [2.45, 2.75) is 0 Å². The van der Waals surface area contributed by atoms with E-state index in [1.165, 1.54) is 0 Å². The fourth-order valence-electron chi connectivity index (χ4n) is 1.02. The van der Waals surface area contributed by atoms with E-state index in [1.54, 1.807) is 19.2 Å². The summed E-state index contributed by atoms with van der Waals surface area (Å²) in [6, 6.07) is 5.28. The second-order valence-electron chi connectivity index (χ2n) is 2.36. The van der Waals surface area contributed by atoms with Gasteiger partial charge >= 0.3 is 0 Å². The lowest BCUT2D eigenvalue weighted by Crippen LogP contribution is -2.01. The number of hydrogen-bond donors (Lipinski definition) is 3. The van der Waals surface area contributed by atoms with Gasteiger partial charge in [-0.2, -0.15) is 5.26 Å². The molecule has 0 saturated heterocycles. The van der Waals surface area contributed by atoms with Crippen LogP contribution in [0.3, 0.4) is 0 Å². The lowest BCUT2D eigenvalue weighted by atomic mass is 10.1. The first-order chi connectivity index (χ1) is 5.70. The van der Waals surface area contributed by atoms with Gasteiger partial charge in [0, 0.05) is 7.05 Å². The van der Waals surface area contributed by atoms with Gasteiger partial charge in [0.15, 0.2) is 0 Å². The molecule has 0 aliphatic rings. The lowest BCUT2D eigenvalue weighted by molar-refractivity contribution is 1.44. The molecule has 1 rings (SSSR count). The predicted molar refractivity (Wildman–Crippen MR) is 49.5 cm³/mol. The van der Waals surface area contributed by atoms with E-state index in [9.17, 15) is 0 Å². The second-order valence-corrected chi connectivity index (χ2v) is 2.36. The van der Waals surface area contributed by atoms with Crippen LogP contribution in [0.2, 0.25) is 0 Å². The van der Waals surface area contributed by atoms with Crippen molar-refractivity contribution in [3.63, 3.8) is 0 Å². The van der Waals surface area contributed by atoms with Crippen molar-refractivity contribution in [3.8, 4) is 6.07 Å². The Morgan fingerprint density at radius 2 is 1.92 bits per heavy atom. The number of hydrogen-bond acceptors (Lipinski definition) is 4. The highest BCUT2D eigenvalue weighted by Crippen LogP contribution is 2.26. The van der Waals surface area contributed by atoms with Gasteiger partial charge in [-0.15, -0.1) is 0 Å². The zero-order chi connectivity index (χ0) is 9.14. The number of benzene rings is 1. The SMILES string of the molecule is CNc1c(N)ccc(N)c1C#N. The van der Waals surface area contributed by atoms with Crippen LogP contribution < -0.4 is 16.8 Å². The maximum atomic E-state index is 8.73. The summed E-state index contributed by atoms with van der Waals surface area (Å²) in [6.07, 6.45) is 0. The topological polar surface area (TPSA) is 87.9 Å². The van der Waals surface area contributed by atoms with Crippen LogP contribution in [-0.2, 0) is 0 Å². The van der Waals surface area contributed by atoms with Crippen molar-refractivity contribution < 1.29 is 0 Å². The Hall–Kier alpha value is -1.89. The monoisotopic (exact) mass is 162 g/mol. The van der Waals surface area contributed by atoms with Crippen LogP contribution in [0, 0.1) is 11.3 Å². The Morgan fingerprint density at radius 1 is 1.33 bits per heavy atom. The Kier molecular flexibility index (Phi) is 2.06. The van der Waals surface area contributed by atoms with Gasteiger partial charge in [-0.05, 0) is 12.1 Å². The molecule has 0 atom stereocenters. The quantitative estimate of drug-likeness (QED) is 0.532. The van der Waals surface area contributed by atoms with Crippen molar-refractivity contribution >= 4 is 17.1 Å². The van der Waals surface area contributed by atoms with Crippen LogP contribution in [-0.4, -0.2) is 7.05 Å². The van der Waals surface area contributed by atoms with Gasteiger partial charge < -0.3 is 16.8 Å². The molecule has 12 heavy (non-hydrogen) atoms. The van der Waals surface area contributed by atoms with Gasteiger partial charge in [-0.1, -0.05) is 0 Å². The van der Waals surface area contributed by atoms with Crippen molar-refractivity contribution in [1.29, 1.82) is 5.26 Å². The van der Waals surface area contributed by atoms with E-state index in [2.05, 4.69) is 5.32 Å². The highest BCUT2D eigenvalue weighted by atomic mass is 14.9. The van der Waals surface area contributed by atoms with Gasteiger partial charge in [-0.25, -0.2) is 0 Å². The number of nitrogen functional groups attached to an aromatic ring is 2. The molecule has 0 aromatic heterocycles. The van der Waals surface area contributed by atoms with Gasteiger partial charge in [-0.3, -0.25) is 0 Å². The van der Waals surface area contributed by atoms with Crippen LogP contribution >= 0.6 is 0 Å². The fraction of sp³-hybridized carbons (Fsp3) is 0.125. The molecule has 0 saturated carbocycles. The molecule has 0 bridgehead atoms. The number of nitrogens with one attached hydrogen (secondary N) is 1. The summed E-state index contributed by atoms with van der Waals surface area (Å²) in [6.45, 7) is 0. The predicted octanol–water partition coefficient (Wildman–Crippen LogP) is 0.764. The minimum absolute atomic E-state index is 0.400. The van der Waals surface area contributed by atoms with Crippen LogP contribution in [0.15, 0.2) is 12.1 Å². The molecule has 62 valence electrons. The molecule has 4 heteroatoms. The third-order valence-electron chi connectivity index (χ3n) is 1.63. The molecule has 0 fully saturated rings. The van der Waals surface area contributed by atoms with Crippen LogP contribution in [0.25, 0.3) is 0 Å². The minimum Gasteiger partial charge on any atom is -0.398 e. The Morgan fingerprint density at radius 3 is 2.33 bits per heavy atom. The summed E-state index contributed by atoms with van der Waals surface area (Å²) < 4.78 is 0. The third-order valence-corrected chi connectivity index (χ3v) is 1.63. The second kappa shape index (κ2) is 3.01. The Labute approximate surface area is 70.8 Å². The van der Waals surface area contributed by atoms with Gasteiger partial charge in [0.2, 0.25) is 0 Å². The first-order valence-electron chi connectivity index (χ1n) is 3.46. The van der Waals surface area contributed by atoms with Crippen LogP contribution in [0.5, 0.6) is 0 Å². The summed E-state index contributed by atoms with van der Waals surface area (Å²) in [5, 5.41) is 11.6. The average Bonchev–Trinajstić information content (AvgIpc) is 2.08. The van der Waals surface area contributed by atoms with Crippen LogP contribution in [0.4, 0.5) is 17.1 Å². The molecule has 0 radical (unpaired) electrons. The lowest BCUT2D eigenvalue weighted by Gasteiger charge is -2.08. The largest absolute Gasteiger partial charge is 0.398 e. The maximum Gasteiger partial charge on any atom is 0.104 e. The first-order valence-corrected chi connectivity index (χ1v) is 3.46. The molecule has 0 heterocycles. The van der Waals surface area contributed by atoms with E-state index in [0.29, 0.717) is 22.6 Å². The summed E-state index contributed by atoms with van der Waals surface area (Å²) in [4.78, 5) is 0. The van der Waals surface area contributed by atoms with Crippen molar-refractivity contribution in [2.75, 3.05) is 23.8 Å². The van der Waals surface area contributed by atoms with E-state index < -0.39 is 0 Å². The number of nitriles is 1. The van der Waals surface area contributed by atoms with E-state index in [4.69, 9.17) is 16.7 Å². The molecule has 0 unspecified atom stereocenters.